The Labute approximate surface area is 478 Å². The molecule has 11 rings (SSSR count). The Morgan fingerprint density at radius 1 is 0.532 bits per heavy atom. The number of nitrogens with one attached hydrogen (secondary N) is 1. The highest BCUT2D eigenvalue weighted by molar-refractivity contribution is 7.59. The Bertz CT molecular complexity index is 3070. The van der Waals surface area contributed by atoms with Gasteiger partial charge in [-0.25, -0.2) is 0 Å². The molecule has 1 fully saturated rings. The lowest BCUT2D eigenvalue weighted by molar-refractivity contribution is -0.0673. The average Bonchev–Trinajstić information content (AvgIpc) is 4.14. The summed E-state index contributed by atoms with van der Waals surface area (Å²) in [4.78, 5) is 2.58. The van der Waals surface area contributed by atoms with Gasteiger partial charge in [-0.1, -0.05) is 129 Å². The molecule has 3 aliphatic rings. The fourth-order valence-corrected chi connectivity index (χ4v) is 10.8. The van der Waals surface area contributed by atoms with E-state index in [0.717, 1.165) is 87.6 Å². The van der Waals surface area contributed by atoms with Crippen molar-refractivity contribution in [2.75, 3.05) is 20.3 Å². The molecule has 0 bridgehead atoms. The summed E-state index contributed by atoms with van der Waals surface area (Å²) in [6, 6.07) is 46.6. The van der Waals surface area contributed by atoms with Crippen LogP contribution in [0.5, 0.6) is 0 Å². The Morgan fingerprint density at radius 2 is 0.961 bits per heavy atom. The van der Waals surface area contributed by atoms with Gasteiger partial charge in [0.1, 0.15) is 5.72 Å². The number of aliphatic hydroxyl groups excluding tert-OH is 2. The third-order valence-corrected chi connectivity index (χ3v) is 14.4. The molecular formula is C63H83ClN6O5S2. The summed E-state index contributed by atoms with van der Waals surface area (Å²) in [5.74, 6) is 2.18. The first kappa shape index (κ1) is 65.7. The summed E-state index contributed by atoms with van der Waals surface area (Å²) in [5, 5.41) is 38.3. The first-order valence-corrected chi connectivity index (χ1v) is 24.7. The lowest BCUT2D eigenvalue weighted by atomic mass is 9.76. The summed E-state index contributed by atoms with van der Waals surface area (Å²) < 4.78 is 18.6. The molecule has 0 amide bonds. The van der Waals surface area contributed by atoms with Gasteiger partial charge in [0, 0.05) is 48.0 Å². The van der Waals surface area contributed by atoms with E-state index in [2.05, 4.69) is 187 Å². The quantitative estimate of drug-likeness (QED) is 0.120. The van der Waals surface area contributed by atoms with Gasteiger partial charge in [0.15, 0.2) is 0 Å². The molecule has 0 saturated carbocycles. The molecule has 1 spiro atoms. The molecule has 2 aromatic heterocycles. The Hall–Kier alpha value is -5.61. The van der Waals surface area contributed by atoms with Gasteiger partial charge in [0.05, 0.1) is 18.8 Å². The largest absolute Gasteiger partial charge is 0.416 e. The number of fused-ring (bicyclic) bond motifs is 2. The van der Waals surface area contributed by atoms with Crippen LogP contribution in [0, 0.1) is 27.7 Å². The molecule has 3 N–H and O–H groups in total. The summed E-state index contributed by atoms with van der Waals surface area (Å²) in [5.41, 5.74) is 15.7. The lowest BCUT2D eigenvalue weighted by Crippen LogP contribution is -2.54. The molecule has 14 heteroatoms. The second-order valence-electron chi connectivity index (χ2n) is 20.2. The minimum Gasteiger partial charge on any atom is -0.416 e. The van der Waals surface area contributed by atoms with Gasteiger partial charge in [0.2, 0.25) is 23.6 Å². The molecule has 0 radical (unpaired) electrons. The van der Waals surface area contributed by atoms with Crippen LogP contribution in [0.3, 0.4) is 0 Å². The Morgan fingerprint density at radius 3 is 1.43 bits per heavy atom. The standard InChI is InChI=1S/C31H33N3O2.C28H29N3O2.CH4O.3CH4.ClH.2H2S/c1-21-14-22(2)16-26(15-21)29-33-32-28(36-29)25-11-10-24-12-13-31(18-27(24)17-25)20-35-30(3,4)34(31)19-23-8-6-5-7-9-23;1-19-12-20(2)14-24(13-19)27-31-30-26(33-27)23-9-8-22-10-11-28(18-32,16-25(22)15-23)29-17-21-6-4-3-5-7-21;1-2;;;;;;/h5-11,14-17H,12-13,18-20H2,1-4H3;3-9,12-15,29,32H,10-11,16-18H2,1-2H3;2H,1H3;3*1H4;1H;2*1H2/t31-;28-;;;;;;;/m00......./s1. The molecule has 77 heavy (non-hydrogen) atoms. The van der Waals surface area contributed by atoms with Crippen molar-refractivity contribution in [3.05, 3.63) is 189 Å². The molecule has 6 aromatic carbocycles. The number of aryl methyl sites for hydroxylation is 6. The fourth-order valence-electron chi connectivity index (χ4n) is 10.8. The van der Waals surface area contributed by atoms with E-state index >= 15 is 0 Å². The molecule has 0 unspecified atom stereocenters. The van der Waals surface area contributed by atoms with E-state index < -0.39 is 0 Å². The van der Waals surface area contributed by atoms with Crippen molar-refractivity contribution in [1.82, 2.24) is 30.6 Å². The van der Waals surface area contributed by atoms with Crippen molar-refractivity contribution in [2.45, 2.75) is 132 Å². The van der Waals surface area contributed by atoms with Gasteiger partial charge in [-0.2, -0.15) is 27.0 Å². The zero-order valence-corrected chi connectivity index (χ0v) is 46.4. The van der Waals surface area contributed by atoms with E-state index in [1.807, 2.05) is 18.2 Å². The fraction of sp³-hybridized carbons (Fsp3) is 0.365. The van der Waals surface area contributed by atoms with Crippen molar-refractivity contribution >= 4 is 39.4 Å². The number of aromatic nitrogens is 4. The highest BCUT2D eigenvalue weighted by atomic mass is 35.5. The van der Waals surface area contributed by atoms with E-state index in [-0.39, 0.29) is 85.1 Å². The van der Waals surface area contributed by atoms with Crippen molar-refractivity contribution in [1.29, 1.82) is 0 Å². The van der Waals surface area contributed by atoms with Crippen LogP contribution in [0.2, 0.25) is 0 Å². The molecule has 11 nitrogen and oxygen atoms in total. The van der Waals surface area contributed by atoms with Crippen LogP contribution in [-0.4, -0.2) is 72.6 Å². The molecule has 414 valence electrons. The molecule has 8 aromatic rings. The van der Waals surface area contributed by atoms with E-state index in [9.17, 15) is 5.11 Å². The third-order valence-electron chi connectivity index (χ3n) is 14.4. The van der Waals surface area contributed by atoms with Gasteiger partial charge in [0.25, 0.3) is 0 Å². The van der Waals surface area contributed by atoms with Crippen LogP contribution in [0.4, 0.5) is 0 Å². The molecule has 1 saturated heterocycles. The van der Waals surface area contributed by atoms with Crippen LogP contribution < -0.4 is 5.32 Å². The van der Waals surface area contributed by atoms with Gasteiger partial charge >= 0.3 is 0 Å². The van der Waals surface area contributed by atoms with Crippen LogP contribution in [0.1, 0.15) is 105 Å². The molecule has 2 aliphatic carbocycles. The number of ether oxygens (including phenoxy) is 1. The Kier molecular flexibility index (Phi) is 24.2. The molecule has 1 aliphatic heterocycles. The van der Waals surface area contributed by atoms with Crippen LogP contribution in [-0.2, 0) is 43.5 Å². The third kappa shape index (κ3) is 15.0. The maximum atomic E-state index is 10.3. The van der Waals surface area contributed by atoms with Gasteiger partial charge < -0.3 is 29.1 Å². The van der Waals surface area contributed by atoms with E-state index in [1.165, 1.54) is 55.6 Å². The Balaban J connectivity index is 0.000000366. The number of aliphatic hydroxyl groups is 2. The van der Waals surface area contributed by atoms with Gasteiger partial charge in [-0.15, -0.1) is 32.8 Å². The SMILES string of the molecule is C.C.C.CO.Cc1cc(C)cc(-c2nnc(-c3ccc4c(c3)C[C@@](CO)(NCc3ccccc3)CC4)o2)c1.Cc1cc(C)cc(-c2nnc(-c3ccc4c(c3)C[C@@]3(CC4)COC(C)(C)N3Cc3ccccc3)o2)c1.Cl.S.S. The predicted molar refractivity (Wildman–Crippen MR) is 328 cm³/mol. The monoisotopic (exact) mass is 1100 g/mol. The maximum absolute atomic E-state index is 10.3. The second kappa shape index (κ2) is 28.3. The normalized spacial score (nSPS) is 17.5. The number of hydrogen-bond donors (Lipinski definition) is 3. The summed E-state index contributed by atoms with van der Waals surface area (Å²) in [7, 11) is 1.00. The van der Waals surface area contributed by atoms with Gasteiger partial charge in [-0.05, 0) is 162 Å². The van der Waals surface area contributed by atoms with Crippen LogP contribution in [0.25, 0.3) is 45.8 Å². The van der Waals surface area contributed by atoms with E-state index in [1.54, 1.807) is 0 Å². The van der Waals surface area contributed by atoms with Crippen molar-refractivity contribution in [2.24, 2.45) is 0 Å². The predicted octanol–water partition coefficient (Wildman–Crippen LogP) is 13.7. The smallest absolute Gasteiger partial charge is 0.248 e. The molecular weight excluding hydrogens is 1020 g/mol. The average molecular weight is 1100 g/mol. The van der Waals surface area contributed by atoms with Crippen LogP contribution >= 0.6 is 39.4 Å². The second-order valence-corrected chi connectivity index (χ2v) is 20.2. The zero-order valence-electron chi connectivity index (χ0n) is 43.5. The summed E-state index contributed by atoms with van der Waals surface area (Å²) in [6.07, 6.45) is 5.67. The van der Waals surface area contributed by atoms with E-state index in [0.29, 0.717) is 23.6 Å². The van der Waals surface area contributed by atoms with Gasteiger partial charge in [-0.3, -0.25) is 4.90 Å². The summed E-state index contributed by atoms with van der Waals surface area (Å²) in [6.45, 7) is 15.2. The highest BCUT2D eigenvalue weighted by Crippen LogP contribution is 2.45. The number of halogens is 1. The van der Waals surface area contributed by atoms with Crippen molar-refractivity contribution in [3.63, 3.8) is 0 Å². The number of hydrogen-bond acceptors (Lipinski definition) is 11. The minimum atomic E-state index is -0.333. The van der Waals surface area contributed by atoms with Crippen molar-refractivity contribution < 1.29 is 23.8 Å². The van der Waals surface area contributed by atoms with Crippen molar-refractivity contribution in [3.8, 4) is 45.8 Å². The number of nitrogens with zero attached hydrogens (tertiary/aromatic N) is 5. The minimum absolute atomic E-state index is 0. The lowest BCUT2D eigenvalue weighted by Gasteiger charge is -2.45. The first-order chi connectivity index (χ1) is 34.3. The molecule has 2 atom stereocenters. The molecule has 3 heterocycles. The highest BCUT2D eigenvalue weighted by Gasteiger charge is 2.52. The number of rotatable bonds is 10. The first-order valence-electron chi connectivity index (χ1n) is 24.7. The van der Waals surface area contributed by atoms with Crippen LogP contribution in [0.15, 0.2) is 142 Å². The van der Waals surface area contributed by atoms with E-state index in [4.69, 9.17) is 18.7 Å². The topological polar surface area (TPSA) is 143 Å². The maximum Gasteiger partial charge on any atom is 0.248 e. The summed E-state index contributed by atoms with van der Waals surface area (Å²) >= 11 is 0. The zero-order chi connectivity index (χ0) is 49.8. The number of benzene rings is 6.